The fraction of sp³-hybridized carbons (Fsp3) is 0.562. The van der Waals surface area contributed by atoms with E-state index in [4.69, 9.17) is 0 Å². The van der Waals surface area contributed by atoms with Crippen molar-refractivity contribution in [2.75, 3.05) is 20.1 Å². The number of benzene rings is 1. The number of fused-ring (bicyclic) bond motifs is 1. The zero-order valence-electron chi connectivity index (χ0n) is 12.8. The second-order valence-electron chi connectivity index (χ2n) is 6.19. The van der Waals surface area contributed by atoms with Crippen LogP contribution in [0.2, 0.25) is 0 Å². The minimum atomic E-state index is -3.43. The molecule has 120 valence electrons. The van der Waals surface area contributed by atoms with Gasteiger partial charge in [-0.2, -0.15) is 4.31 Å². The number of carbonyl (C=O) groups is 1. The Morgan fingerprint density at radius 2 is 1.86 bits per heavy atom. The largest absolute Gasteiger partial charge is 0.342 e. The van der Waals surface area contributed by atoms with Crippen LogP contribution in [-0.2, 0) is 14.8 Å². The summed E-state index contributed by atoms with van der Waals surface area (Å²) in [5.41, 5.74) is 0. The third-order valence-electron chi connectivity index (χ3n) is 4.89. The average molecular weight is 322 g/mol. The van der Waals surface area contributed by atoms with Gasteiger partial charge in [0, 0.05) is 32.6 Å². The molecule has 2 saturated heterocycles. The van der Waals surface area contributed by atoms with Crippen molar-refractivity contribution in [2.24, 2.45) is 5.92 Å². The summed E-state index contributed by atoms with van der Waals surface area (Å²) in [6.45, 7) is 0.996. The van der Waals surface area contributed by atoms with Crippen LogP contribution < -0.4 is 0 Å². The molecule has 0 saturated carbocycles. The number of nitrogens with zero attached hydrogens (tertiary/aromatic N) is 2. The summed E-state index contributed by atoms with van der Waals surface area (Å²) in [5, 5.41) is 0. The fourth-order valence-corrected chi connectivity index (χ4v) is 5.15. The number of carbonyl (C=O) groups excluding carboxylic acids is 1. The molecule has 5 nitrogen and oxygen atoms in total. The van der Waals surface area contributed by atoms with Crippen molar-refractivity contribution in [1.29, 1.82) is 0 Å². The lowest BCUT2D eigenvalue weighted by Gasteiger charge is -2.40. The molecule has 2 aliphatic heterocycles. The third-order valence-corrected chi connectivity index (χ3v) is 6.77. The minimum absolute atomic E-state index is 0.178. The highest BCUT2D eigenvalue weighted by Gasteiger charge is 2.39. The van der Waals surface area contributed by atoms with Crippen LogP contribution in [0.3, 0.4) is 0 Å². The molecule has 3 rings (SSSR count). The van der Waals surface area contributed by atoms with Crippen molar-refractivity contribution >= 4 is 15.9 Å². The normalized spacial score (nSPS) is 27.3. The van der Waals surface area contributed by atoms with Gasteiger partial charge in [0.2, 0.25) is 15.9 Å². The van der Waals surface area contributed by atoms with E-state index in [0.29, 0.717) is 24.4 Å². The van der Waals surface area contributed by atoms with Crippen LogP contribution >= 0.6 is 0 Å². The first-order valence-electron chi connectivity index (χ1n) is 7.81. The van der Waals surface area contributed by atoms with Gasteiger partial charge in [-0.25, -0.2) is 8.42 Å². The molecule has 0 spiro atoms. The Morgan fingerprint density at radius 1 is 1.14 bits per heavy atom. The molecular weight excluding hydrogens is 300 g/mol. The van der Waals surface area contributed by atoms with E-state index in [2.05, 4.69) is 0 Å². The van der Waals surface area contributed by atoms with Crippen LogP contribution in [0.4, 0.5) is 0 Å². The van der Waals surface area contributed by atoms with Gasteiger partial charge in [0.1, 0.15) is 0 Å². The van der Waals surface area contributed by atoms with E-state index in [1.807, 2.05) is 18.0 Å². The van der Waals surface area contributed by atoms with Crippen molar-refractivity contribution in [3.63, 3.8) is 0 Å². The summed E-state index contributed by atoms with van der Waals surface area (Å²) in [5.74, 6) is 0.426. The van der Waals surface area contributed by atoms with E-state index in [-0.39, 0.29) is 17.9 Å². The molecule has 22 heavy (non-hydrogen) atoms. The lowest BCUT2D eigenvalue weighted by molar-refractivity contribution is -0.132. The van der Waals surface area contributed by atoms with Gasteiger partial charge >= 0.3 is 0 Å². The van der Waals surface area contributed by atoms with Gasteiger partial charge in [0.15, 0.2) is 0 Å². The standard InChI is InChI=1S/C16H22N2O3S/c1-17-15-10-11-18(12-13(15)6-5-9-16(17)19)22(20,21)14-7-3-2-4-8-14/h2-4,7-8,13,15H,5-6,9-12H2,1H3/t13-,15+/m0/s1. The van der Waals surface area contributed by atoms with Gasteiger partial charge in [-0.05, 0) is 37.3 Å². The molecule has 0 bridgehead atoms. The molecule has 6 heteroatoms. The van der Waals surface area contributed by atoms with Crippen LogP contribution in [0, 0.1) is 5.92 Å². The molecule has 0 aromatic heterocycles. The monoisotopic (exact) mass is 322 g/mol. The minimum Gasteiger partial charge on any atom is -0.342 e. The van der Waals surface area contributed by atoms with E-state index >= 15 is 0 Å². The Kier molecular flexibility index (Phi) is 4.23. The molecule has 0 N–H and O–H groups in total. The molecule has 1 aromatic carbocycles. The van der Waals surface area contributed by atoms with Crippen molar-refractivity contribution < 1.29 is 13.2 Å². The van der Waals surface area contributed by atoms with E-state index < -0.39 is 10.0 Å². The summed E-state index contributed by atoms with van der Waals surface area (Å²) in [6, 6.07) is 8.78. The molecule has 1 aromatic rings. The van der Waals surface area contributed by atoms with Gasteiger partial charge in [-0.3, -0.25) is 4.79 Å². The van der Waals surface area contributed by atoms with Crippen molar-refractivity contribution in [3.05, 3.63) is 30.3 Å². The summed E-state index contributed by atoms with van der Waals surface area (Å²) >= 11 is 0. The first-order valence-corrected chi connectivity index (χ1v) is 9.25. The topological polar surface area (TPSA) is 57.7 Å². The first-order chi connectivity index (χ1) is 10.5. The SMILES string of the molecule is CN1C(=O)CCC[C@H]2CN(S(=O)(=O)c3ccccc3)CC[C@H]21. The van der Waals surface area contributed by atoms with Gasteiger partial charge in [-0.1, -0.05) is 18.2 Å². The van der Waals surface area contributed by atoms with E-state index in [0.717, 1.165) is 19.3 Å². The Labute approximate surface area is 132 Å². The van der Waals surface area contributed by atoms with Gasteiger partial charge in [0.25, 0.3) is 0 Å². The van der Waals surface area contributed by atoms with Crippen LogP contribution in [0.5, 0.6) is 0 Å². The fourth-order valence-electron chi connectivity index (χ4n) is 3.62. The maximum absolute atomic E-state index is 12.7. The molecule has 1 amide bonds. The third kappa shape index (κ3) is 2.77. The molecule has 2 heterocycles. The Bertz CT molecular complexity index is 645. The number of hydrogen-bond acceptors (Lipinski definition) is 3. The zero-order chi connectivity index (χ0) is 15.7. The predicted molar refractivity (Wildman–Crippen MR) is 83.7 cm³/mol. The van der Waals surface area contributed by atoms with Gasteiger partial charge < -0.3 is 4.90 Å². The second kappa shape index (κ2) is 6.01. The van der Waals surface area contributed by atoms with Crippen LogP contribution in [0.25, 0.3) is 0 Å². The predicted octanol–water partition coefficient (Wildman–Crippen LogP) is 1.71. The molecule has 2 atom stereocenters. The molecule has 0 aliphatic carbocycles. The Morgan fingerprint density at radius 3 is 2.59 bits per heavy atom. The summed E-state index contributed by atoms with van der Waals surface area (Å²) in [7, 11) is -1.57. The second-order valence-corrected chi connectivity index (χ2v) is 8.13. The average Bonchev–Trinajstić information content (AvgIpc) is 2.67. The van der Waals surface area contributed by atoms with Crippen molar-refractivity contribution in [3.8, 4) is 0 Å². The highest BCUT2D eigenvalue weighted by Crippen LogP contribution is 2.32. The Balaban J connectivity index is 1.81. The molecular formula is C16H22N2O3S. The number of hydrogen-bond donors (Lipinski definition) is 0. The lowest BCUT2D eigenvalue weighted by Crippen LogP contribution is -2.51. The molecule has 0 radical (unpaired) electrons. The summed E-state index contributed by atoms with van der Waals surface area (Å²) in [6.07, 6.45) is 3.07. The Hall–Kier alpha value is -1.40. The number of sulfonamides is 1. The van der Waals surface area contributed by atoms with Crippen LogP contribution in [-0.4, -0.2) is 49.7 Å². The smallest absolute Gasteiger partial charge is 0.243 e. The van der Waals surface area contributed by atoms with E-state index in [1.165, 1.54) is 0 Å². The van der Waals surface area contributed by atoms with Gasteiger partial charge in [0.05, 0.1) is 4.90 Å². The van der Waals surface area contributed by atoms with Crippen LogP contribution in [0.15, 0.2) is 35.2 Å². The number of amides is 1. The molecule has 2 aliphatic rings. The highest BCUT2D eigenvalue weighted by molar-refractivity contribution is 7.89. The zero-order valence-corrected chi connectivity index (χ0v) is 13.6. The maximum atomic E-state index is 12.7. The quantitative estimate of drug-likeness (QED) is 0.833. The van der Waals surface area contributed by atoms with Crippen LogP contribution in [0.1, 0.15) is 25.7 Å². The molecule has 0 unspecified atom stereocenters. The number of piperidine rings is 1. The maximum Gasteiger partial charge on any atom is 0.243 e. The van der Waals surface area contributed by atoms with Crippen molar-refractivity contribution in [1.82, 2.24) is 9.21 Å². The number of rotatable bonds is 2. The number of likely N-dealkylation sites (tertiary alicyclic amines) is 1. The summed E-state index contributed by atoms with van der Waals surface area (Å²) in [4.78, 5) is 14.2. The highest BCUT2D eigenvalue weighted by atomic mass is 32.2. The molecule has 2 fully saturated rings. The van der Waals surface area contributed by atoms with E-state index in [1.54, 1.807) is 28.6 Å². The summed E-state index contributed by atoms with van der Waals surface area (Å²) < 4.78 is 27.1. The van der Waals surface area contributed by atoms with Crippen molar-refractivity contribution in [2.45, 2.75) is 36.6 Å². The van der Waals surface area contributed by atoms with Gasteiger partial charge in [-0.15, -0.1) is 0 Å². The first kappa shape index (κ1) is 15.5. The lowest BCUT2D eigenvalue weighted by atomic mass is 9.89. The van der Waals surface area contributed by atoms with E-state index in [9.17, 15) is 13.2 Å².